The summed E-state index contributed by atoms with van der Waals surface area (Å²) in [6, 6.07) is 24.3. The first-order valence-corrected chi connectivity index (χ1v) is 9.26. The summed E-state index contributed by atoms with van der Waals surface area (Å²) in [5.41, 5.74) is 1.47. The molecule has 1 heterocycles. The fourth-order valence-corrected chi connectivity index (χ4v) is 4.38. The van der Waals surface area contributed by atoms with Crippen molar-refractivity contribution in [2.75, 3.05) is 0 Å². The number of fused-ring (bicyclic) bond motifs is 7. The van der Waals surface area contributed by atoms with Crippen molar-refractivity contribution in [3.8, 4) is 0 Å². The Morgan fingerprint density at radius 1 is 0.760 bits per heavy atom. The van der Waals surface area contributed by atoms with E-state index < -0.39 is 8.24 Å². The van der Waals surface area contributed by atoms with Gasteiger partial charge >= 0.3 is 8.24 Å². The van der Waals surface area contributed by atoms with E-state index >= 15 is 0 Å². The number of hydrogen-bond acceptors (Lipinski definition) is 1. The molecule has 0 fully saturated rings. The van der Waals surface area contributed by atoms with E-state index in [4.69, 9.17) is 4.20 Å². The smallest absolute Gasteiger partial charge is 0.321 e. The molecule has 0 spiro atoms. The van der Waals surface area contributed by atoms with Crippen molar-refractivity contribution in [3.05, 3.63) is 72.8 Å². The van der Waals surface area contributed by atoms with Gasteiger partial charge in [-0.25, -0.2) is 0 Å². The summed E-state index contributed by atoms with van der Waals surface area (Å²) >= 11 is 0. The van der Waals surface area contributed by atoms with Crippen LogP contribution in [0.3, 0.4) is 0 Å². The molecule has 2 nitrogen and oxygen atoms in total. The Morgan fingerprint density at radius 3 is 2.08 bits per heavy atom. The summed E-state index contributed by atoms with van der Waals surface area (Å²) in [6.07, 6.45) is 0. The molecule has 0 radical (unpaired) electrons. The van der Waals surface area contributed by atoms with Crippen molar-refractivity contribution in [1.82, 2.24) is 4.33 Å². The number of rotatable bonds is 0. The second kappa shape index (κ2) is 5.37. The highest BCUT2D eigenvalue weighted by atomic mass is 31.1. The fourth-order valence-electron chi connectivity index (χ4n) is 3.61. The van der Waals surface area contributed by atoms with Gasteiger partial charge in [-0.2, -0.15) is 0 Å². The molecule has 5 aromatic rings. The Bertz CT molecular complexity index is 1320. The molecule has 0 amide bonds. The highest BCUT2D eigenvalue weighted by Gasteiger charge is 2.12. The van der Waals surface area contributed by atoms with Crippen LogP contribution in [-0.4, -0.2) is 4.33 Å². The van der Waals surface area contributed by atoms with Gasteiger partial charge in [-0.05, 0) is 33.7 Å². The summed E-state index contributed by atoms with van der Waals surface area (Å²) in [5, 5.41) is 6.46. The van der Waals surface area contributed by atoms with Crippen molar-refractivity contribution in [3.63, 3.8) is 0 Å². The van der Waals surface area contributed by atoms with E-state index in [1.54, 1.807) is 11.4 Å². The fraction of sp³-hybridized carbons (Fsp3) is 0.0476. The van der Waals surface area contributed by atoms with Gasteiger partial charge in [0.15, 0.2) is 0 Å². The third-order valence-corrected chi connectivity index (χ3v) is 5.84. The van der Waals surface area contributed by atoms with Crippen molar-refractivity contribution >= 4 is 51.7 Å². The Hall–Kier alpha value is -2.77. The van der Waals surface area contributed by atoms with E-state index in [9.17, 15) is 4.20 Å². The van der Waals surface area contributed by atoms with Crippen molar-refractivity contribution in [1.29, 1.82) is 0 Å². The second-order valence-electron chi connectivity index (χ2n) is 6.18. The third kappa shape index (κ3) is 2.09. The molecule has 1 atom stereocenters. The number of aromatic nitrogens is 1. The van der Waals surface area contributed by atoms with Crippen LogP contribution in [0.25, 0.3) is 43.4 Å². The summed E-state index contributed by atoms with van der Waals surface area (Å²) < 4.78 is 22.1. The first kappa shape index (κ1) is 14.6. The predicted octanol–water partition coefficient (Wildman–Crippen LogP) is 7.07. The molecule has 25 heavy (non-hydrogen) atoms. The number of aryl methyl sites for hydroxylation is 1. The second-order valence-corrected chi connectivity index (χ2v) is 7.42. The normalized spacial score (nSPS) is 12.3. The molecular weight excluding hydrogens is 332 g/mol. The SMILES string of the molecule is Cn1c2ccc3ccccc3c2c2c(ccc3ccccc32)op1F. The van der Waals surface area contributed by atoms with E-state index in [2.05, 4.69) is 24.3 Å². The minimum absolute atomic E-state index is 0.606. The van der Waals surface area contributed by atoms with Gasteiger partial charge in [0.1, 0.15) is 5.58 Å². The first-order valence-electron chi connectivity index (χ1n) is 8.15. The Morgan fingerprint density at radius 2 is 1.36 bits per heavy atom. The van der Waals surface area contributed by atoms with Gasteiger partial charge in [-0.3, -0.25) is 4.33 Å². The Kier molecular flexibility index (Phi) is 3.13. The zero-order valence-corrected chi connectivity index (χ0v) is 14.5. The molecule has 0 aliphatic heterocycles. The van der Waals surface area contributed by atoms with Gasteiger partial charge in [0.05, 0.1) is 5.52 Å². The average Bonchev–Trinajstić information content (AvgIpc) is 2.77. The zero-order valence-electron chi connectivity index (χ0n) is 13.6. The summed E-state index contributed by atoms with van der Waals surface area (Å²) in [4.78, 5) is 0. The van der Waals surface area contributed by atoms with Crippen LogP contribution < -0.4 is 0 Å². The van der Waals surface area contributed by atoms with Crippen LogP contribution in [0.1, 0.15) is 0 Å². The molecule has 4 aromatic carbocycles. The average molecular weight is 347 g/mol. The molecule has 0 saturated heterocycles. The first-order chi connectivity index (χ1) is 12.2. The van der Waals surface area contributed by atoms with E-state index in [-0.39, 0.29) is 0 Å². The van der Waals surface area contributed by atoms with Crippen LogP contribution in [0.5, 0.6) is 0 Å². The van der Waals surface area contributed by atoms with Crippen LogP contribution in [-0.2, 0) is 7.05 Å². The third-order valence-electron chi connectivity index (χ3n) is 4.81. The standard InChI is InChI=1S/C21H15FNOP/c1-23-18-12-10-14-6-2-4-8-16(14)20(18)21-17-9-5-3-7-15(17)11-13-19(21)24-25(23)22/h2-13H,1H3. The highest BCUT2D eigenvalue weighted by Crippen LogP contribution is 2.40. The molecule has 1 unspecified atom stereocenters. The molecule has 0 aliphatic carbocycles. The number of benzene rings is 4. The van der Waals surface area contributed by atoms with E-state index in [1.165, 1.54) is 0 Å². The predicted molar refractivity (Wildman–Crippen MR) is 105 cm³/mol. The maximum absolute atomic E-state index is 14.8. The lowest BCUT2D eigenvalue weighted by Crippen LogP contribution is -1.87. The quantitative estimate of drug-likeness (QED) is 0.293. The van der Waals surface area contributed by atoms with Gasteiger partial charge in [0, 0.05) is 17.8 Å². The van der Waals surface area contributed by atoms with Gasteiger partial charge in [-0.15, -0.1) is 4.20 Å². The molecule has 0 aliphatic rings. The molecule has 122 valence electrons. The summed E-state index contributed by atoms with van der Waals surface area (Å²) in [5.74, 6) is 0. The molecular formula is C21H15FNOP. The van der Waals surface area contributed by atoms with Crippen molar-refractivity contribution < 1.29 is 8.39 Å². The minimum Gasteiger partial charge on any atom is -0.409 e. The molecule has 4 heteroatoms. The van der Waals surface area contributed by atoms with Gasteiger partial charge < -0.3 is 4.20 Å². The Balaban J connectivity index is 2.26. The van der Waals surface area contributed by atoms with E-state index in [1.807, 2.05) is 48.5 Å². The van der Waals surface area contributed by atoms with Crippen LogP contribution in [0.15, 0.2) is 77.0 Å². The number of hydrogen-bond donors (Lipinski definition) is 0. The van der Waals surface area contributed by atoms with Gasteiger partial charge in [0.2, 0.25) is 0 Å². The number of nitrogens with zero attached hydrogens (tertiary/aromatic N) is 1. The lowest BCUT2D eigenvalue weighted by Gasteiger charge is -2.07. The van der Waals surface area contributed by atoms with Crippen LogP contribution in [0, 0.1) is 0 Å². The lowest BCUT2D eigenvalue weighted by atomic mass is 9.98. The van der Waals surface area contributed by atoms with Crippen LogP contribution >= 0.6 is 8.24 Å². The number of halogens is 1. The summed E-state index contributed by atoms with van der Waals surface area (Å²) in [7, 11) is -0.473. The van der Waals surface area contributed by atoms with Gasteiger partial charge in [-0.1, -0.05) is 60.7 Å². The van der Waals surface area contributed by atoms with Crippen LogP contribution in [0.4, 0.5) is 4.20 Å². The lowest BCUT2D eigenvalue weighted by molar-refractivity contribution is 0.662. The maximum atomic E-state index is 14.8. The van der Waals surface area contributed by atoms with Crippen molar-refractivity contribution in [2.24, 2.45) is 7.05 Å². The maximum Gasteiger partial charge on any atom is 0.321 e. The molecule has 0 N–H and O–H groups in total. The van der Waals surface area contributed by atoms with Crippen molar-refractivity contribution in [2.45, 2.75) is 0 Å². The Labute approximate surface area is 144 Å². The topological polar surface area (TPSA) is 18.1 Å². The van der Waals surface area contributed by atoms with Gasteiger partial charge in [0.25, 0.3) is 0 Å². The largest absolute Gasteiger partial charge is 0.409 e. The monoisotopic (exact) mass is 347 g/mol. The van der Waals surface area contributed by atoms with E-state index in [0.29, 0.717) is 5.58 Å². The minimum atomic E-state index is -2.23. The molecule has 0 bridgehead atoms. The zero-order chi connectivity index (χ0) is 17.0. The van der Waals surface area contributed by atoms with E-state index in [0.717, 1.165) is 37.8 Å². The molecule has 0 saturated carbocycles. The van der Waals surface area contributed by atoms with Crippen LogP contribution in [0.2, 0.25) is 0 Å². The molecule has 1 aromatic heterocycles. The highest BCUT2D eigenvalue weighted by molar-refractivity contribution is 7.34. The summed E-state index contributed by atoms with van der Waals surface area (Å²) in [6.45, 7) is 0. The molecule has 5 rings (SSSR count).